The van der Waals surface area contributed by atoms with Crippen molar-refractivity contribution in [1.82, 2.24) is 10.1 Å². The largest absolute Gasteiger partial charge is 0.494 e. The average molecular weight is 537 g/mol. The summed E-state index contributed by atoms with van der Waals surface area (Å²) in [5.41, 5.74) is 2.06. The van der Waals surface area contributed by atoms with Crippen molar-refractivity contribution in [1.29, 1.82) is 0 Å². The number of amides is 1. The molecule has 1 amide bonds. The van der Waals surface area contributed by atoms with Gasteiger partial charge >= 0.3 is 11.9 Å². The first-order chi connectivity index (χ1) is 18.1. The van der Waals surface area contributed by atoms with Crippen LogP contribution in [0, 0.1) is 0 Å². The number of fused-ring (bicyclic) bond motifs is 1. The number of nitrogens with one attached hydrogen (secondary N) is 2. The van der Waals surface area contributed by atoms with Crippen LogP contribution in [0.5, 0.6) is 5.75 Å². The molecule has 1 aromatic heterocycles. The molecular formula is C26H24F5N3O4. The Bertz CT molecular complexity index is 1360. The number of nitrogens with zero attached hydrogens (tertiary/aromatic N) is 1. The summed E-state index contributed by atoms with van der Waals surface area (Å²) in [6.45, 7) is -0.106. The fraction of sp³-hybridized carbons (Fsp3) is 0.346. The Morgan fingerprint density at radius 2 is 1.76 bits per heavy atom. The second-order valence-corrected chi connectivity index (χ2v) is 8.77. The van der Waals surface area contributed by atoms with Crippen molar-refractivity contribution in [3.8, 4) is 5.75 Å². The number of aryl methyl sites for hydroxylation is 1. The summed E-state index contributed by atoms with van der Waals surface area (Å²) in [5, 5.41) is 6.49. The van der Waals surface area contributed by atoms with Crippen LogP contribution in [-0.4, -0.2) is 28.8 Å². The molecule has 2 heterocycles. The molecule has 2 N–H and O–H groups in total. The van der Waals surface area contributed by atoms with E-state index in [1.165, 1.54) is 24.3 Å². The van der Waals surface area contributed by atoms with Crippen LogP contribution >= 0.6 is 0 Å². The molecule has 0 saturated heterocycles. The third-order valence-corrected chi connectivity index (χ3v) is 6.04. The van der Waals surface area contributed by atoms with Gasteiger partial charge in [0.1, 0.15) is 5.75 Å². The molecule has 12 heteroatoms. The van der Waals surface area contributed by atoms with Gasteiger partial charge in [-0.25, -0.2) is 13.6 Å². The standard InChI is InChI=1S/C26H24F5N3O4/c27-22(28)16-8-6-15(7-9-16)19-5-2-1-4-17-14-18(37-13-3-12-26(29,30)31)10-11-20(17)32-24(35)21(19)23-33-25(36)38-34-23/h6-11,14,22H,1-5,12-13H2,(H,32,35)(H,33,34,36)/b21-19+. The molecule has 7 nitrogen and oxygen atoms in total. The van der Waals surface area contributed by atoms with Gasteiger partial charge in [0.2, 0.25) is 0 Å². The highest BCUT2D eigenvalue weighted by Crippen LogP contribution is 2.34. The SMILES string of the molecule is O=C1Nc2ccc(OCCCC(F)(F)F)cc2CCCC/C(c2ccc(C(F)F)cc2)=C\1c1noc(=O)[nH]1. The van der Waals surface area contributed by atoms with Crippen molar-refractivity contribution < 1.29 is 36.0 Å². The van der Waals surface area contributed by atoms with Crippen molar-refractivity contribution in [3.05, 3.63) is 75.5 Å². The molecule has 0 fully saturated rings. The Kier molecular flexibility index (Phi) is 8.28. The molecule has 1 aliphatic heterocycles. The number of halogens is 5. The fourth-order valence-corrected chi connectivity index (χ4v) is 4.22. The Hall–Kier alpha value is -3.96. The number of hydrogen-bond donors (Lipinski definition) is 2. The average Bonchev–Trinajstić information content (AvgIpc) is 3.29. The molecule has 0 spiro atoms. The van der Waals surface area contributed by atoms with E-state index in [9.17, 15) is 31.5 Å². The fourth-order valence-electron chi connectivity index (χ4n) is 4.22. The smallest absolute Gasteiger partial charge is 0.439 e. The molecule has 0 aliphatic carbocycles. The Morgan fingerprint density at radius 1 is 1.03 bits per heavy atom. The minimum absolute atomic E-state index is 0.0287. The first-order valence-electron chi connectivity index (χ1n) is 11.9. The van der Waals surface area contributed by atoms with Crippen molar-refractivity contribution in [2.75, 3.05) is 11.9 Å². The number of anilines is 1. The molecule has 38 heavy (non-hydrogen) atoms. The van der Waals surface area contributed by atoms with E-state index in [-0.39, 0.29) is 30.0 Å². The molecule has 202 valence electrons. The number of carbonyl (C=O) groups is 1. The molecular weight excluding hydrogens is 513 g/mol. The number of aromatic amines is 1. The van der Waals surface area contributed by atoms with Crippen LogP contribution in [0.1, 0.15) is 61.0 Å². The predicted molar refractivity (Wildman–Crippen MR) is 129 cm³/mol. The van der Waals surface area contributed by atoms with Crippen LogP contribution in [0.4, 0.5) is 27.6 Å². The lowest BCUT2D eigenvalue weighted by Crippen LogP contribution is -2.18. The van der Waals surface area contributed by atoms with E-state index in [0.29, 0.717) is 48.3 Å². The maximum Gasteiger partial charge on any atom is 0.439 e. The summed E-state index contributed by atoms with van der Waals surface area (Å²) in [6, 6.07) is 10.3. The lowest BCUT2D eigenvalue weighted by molar-refractivity contribution is -0.136. The van der Waals surface area contributed by atoms with Gasteiger partial charge in [-0.05, 0) is 67.0 Å². The van der Waals surface area contributed by atoms with Gasteiger partial charge in [-0.1, -0.05) is 29.4 Å². The van der Waals surface area contributed by atoms with E-state index >= 15 is 0 Å². The highest BCUT2D eigenvalue weighted by atomic mass is 19.4. The zero-order chi connectivity index (χ0) is 27.3. The number of carbonyl (C=O) groups excluding carboxylic acids is 1. The van der Waals surface area contributed by atoms with Crippen molar-refractivity contribution in [2.24, 2.45) is 0 Å². The van der Waals surface area contributed by atoms with Crippen LogP contribution in [0.25, 0.3) is 11.1 Å². The number of H-pyrrole nitrogens is 1. The highest BCUT2D eigenvalue weighted by Gasteiger charge is 2.27. The molecule has 0 bridgehead atoms. The zero-order valence-electron chi connectivity index (χ0n) is 20.0. The normalized spacial score (nSPS) is 16.7. The molecule has 0 atom stereocenters. The number of alkyl halides is 5. The first kappa shape index (κ1) is 27.1. The van der Waals surface area contributed by atoms with Gasteiger partial charge in [0.15, 0.2) is 5.82 Å². The second-order valence-electron chi connectivity index (χ2n) is 8.77. The predicted octanol–water partition coefficient (Wildman–Crippen LogP) is 6.30. The Morgan fingerprint density at radius 3 is 2.42 bits per heavy atom. The molecule has 4 rings (SSSR count). The van der Waals surface area contributed by atoms with Crippen molar-refractivity contribution in [3.63, 3.8) is 0 Å². The summed E-state index contributed by atoms with van der Waals surface area (Å²) in [7, 11) is 0. The van der Waals surface area contributed by atoms with Gasteiger partial charge in [-0.3, -0.25) is 14.3 Å². The van der Waals surface area contributed by atoms with E-state index in [1.807, 2.05) is 0 Å². The second kappa shape index (κ2) is 11.6. The van der Waals surface area contributed by atoms with E-state index < -0.39 is 30.7 Å². The van der Waals surface area contributed by atoms with Crippen LogP contribution in [-0.2, 0) is 11.2 Å². The zero-order valence-corrected chi connectivity index (χ0v) is 20.0. The molecule has 1 aliphatic rings. The van der Waals surface area contributed by atoms with Crippen LogP contribution in [0.15, 0.2) is 51.8 Å². The lowest BCUT2D eigenvalue weighted by Gasteiger charge is -2.19. The summed E-state index contributed by atoms with van der Waals surface area (Å²) in [5.74, 6) is -1.19. The number of hydrogen-bond acceptors (Lipinski definition) is 5. The maximum absolute atomic E-state index is 13.5. The van der Waals surface area contributed by atoms with Crippen molar-refractivity contribution >= 4 is 22.7 Å². The van der Waals surface area contributed by atoms with Crippen molar-refractivity contribution in [2.45, 2.75) is 51.1 Å². The molecule has 0 radical (unpaired) electrons. The minimum atomic E-state index is -4.25. The van der Waals surface area contributed by atoms with E-state index in [0.717, 1.165) is 5.56 Å². The van der Waals surface area contributed by atoms with Gasteiger partial charge in [0, 0.05) is 17.7 Å². The third kappa shape index (κ3) is 6.87. The van der Waals surface area contributed by atoms with Crippen LogP contribution in [0.3, 0.4) is 0 Å². The summed E-state index contributed by atoms with van der Waals surface area (Å²) >= 11 is 0. The van der Waals surface area contributed by atoms with Gasteiger partial charge in [-0.15, -0.1) is 0 Å². The van der Waals surface area contributed by atoms with Gasteiger partial charge in [0.05, 0.1) is 12.2 Å². The number of allylic oxidation sites excluding steroid dienone is 1. The topological polar surface area (TPSA) is 97.2 Å². The summed E-state index contributed by atoms with van der Waals surface area (Å²) < 4.78 is 73.4. The summed E-state index contributed by atoms with van der Waals surface area (Å²) in [4.78, 5) is 27.6. The van der Waals surface area contributed by atoms with Gasteiger partial charge < -0.3 is 10.1 Å². The number of rotatable bonds is 7. The first-order valence-corrected chi connectivity index (χ1v) is 11.9. The highest BCUT2D eigenvalue weighted by molar-refractivity contribution is 6.30. The van der Waals surface area contributed by atoms with Crippen LogP contribution < -0.4 is 15.8 Å². The Balaban J connectivity index is 1.65. The van der Waals surface area contributed by atoms with Crippen LogP contribution in [0.2, 0.25) is 0 Å². The molecule has 3 aromatic rings. The minimum Gasteiger partial charge on any atom is -0.494 e. The summed E-state index contributed by atoms with van der Waals surface area (Å²) in [6.07, 6.45) is -5.84. The Labute approximate surface area is 213 Å². The van der Waals surface area contributed by atoms with E-state index in [1.54, 1.807) is 18.2 Å². The third-order valence-electron chi connectivity index (χ3n) is 6.04. The molecule has 0 saturated carbocycles. The number of ether oxygens (including phenoxy) is 1. The van der Waals surface area contributed by atoms with E-state index in [2.05, 4.69) is 20.0 Å². The number of aromatic nitrogens is 2. The lowest BCUT2D eigenvalue weighted by atomic mass is 9.91. The van der Waals surface area contributed by atoms with E-state index in [4.69, 9.17) is 4.74 Å². The molecule has 0 unspecified atom stereocenters. The molecule has 2 aromatic carbocycles. The monoisotopic (exact) mass is 537 g/mol. The quantitative estimate of drug-likeness (QED) is 0.273. The van der Waals surface area contributed by atoms with Gasteiger partial charge in [-0.2, -0.15) is 13.2 Å². The van der Waals surface area contributed by atoms with Gasteiger partial charge in [0.25, 0.3) is 12.3 Å². The maximum atomic E-state index is 13.5. The number of benzene rings is 2.